The number of methoxy groups -OCH3 is 1. The third kappa shape index (κ3) is 5.02. The number of carbonyl (C=O) groups excluding carboxylic acids is 1. The summed E-state index contributed by atoms with van der Waals surface area (Å²) >= 11 is 1.76. The van der Waals surface area contributed by atoms with Crippen LogP contribution in [0.5, 0.6) is 11.6 Å². The summed E-state index contributed by atoms with van der Waals surface area (Å²) in [5, 5.41) is 0. The third-order valence-electron chi connectivity index (χ3n) is 2.02. The van der Waals surface area contributed by atoms with Crippen molar-refractivity contribution >= 4 is 28.6 Å². The molecule has 0 N–H and O–H groups in total. The predicted octanol–water partition coefficient (Wildman–Crippen LogP) is 2.70. The Balaban J connectivity index is 3.03. The topological polar surface area (TPSA) is 57.7 Å². The Morgan fingerprint density at radius 2 is 2.10 bits per heavy atom. The predicted molar refractivity (Wildman–Crippen MR) is 70.5 cm³/mol. The standard InChI is InChI=1S/C11H11F3INO4/c1-3-19-9(17)5-7-6(15)4-8(10(16-7)18-2)20-11(12,13)14/h4H,3,5H2,1-2H3. The van der Waals surface area contributed by atoms with Crippen molar-refractivity contribution in [2.24, 2.45) is 0 Å². The van der Waals surface area contributed by atoms with Gasteiger partial charge < -0.3 is 14.2 Å². The fourth-order valence-corrected chi connectivity index (χ4v) is 1.90. The summed E-state index contributed by atoms with van der Waals surface area (Å²) in [4.78, 5) is 15.2. The first-order valence-corrected chi connectivity index (χ1v) is 6.49. The normalized spacial score (nSPS) is 11.1. The lowest BCUT2D eigenvalue weighted by atomic mass is 10.2. The second kappa shape index (κ2) is 6.95. The van der Waals surface area contributed by atoms with Crippen LogP contribution in [0.25, 0.3) is 0 Å². The molecular weight excluding hydrogens is 394 g/mol. The van der Waals surface area contributed by atoms with Gasteiger partial charge in [-0.05, 0) is 29.5 Å². The van der Waals surface area contributed by atoms with Gasteiger partial charge in [-0.15, -0.1) is 13.2 Å². The molecule has 0 bridgehead atoms. The van der Waals surface area contributed by atoms with Gasteiger partial charge in [-0.3, -0.25) is 4.79 Å². The highest BCUT2D eigenvalue weighted by molar-refractivity contribution is 14.1. The van der Waals surface area contributed by atoms with Crippen LogP contribution in [0.2, 0.25) is 0 Å². The highest BCUT2D eigenvalue weighted by Gasteiger charge is 2.33. The smallest absolute Gasteiger partial charge is 0.478 e. The maximum absolute atomic E-state index is 12.2. The highest BCUT2D eigenvalue weighted by Crippen LogP contribution is 2.33. The molecule has 20 heavy (non-hydrogen) atoms. The minimum absolute atomic E-state index is 0.158. The molecule has 0 aliphatic carbocycles. The summed E-state index contributed by atoms with van der Waals surface area (Å²) in [5.74, 6) is -1.43. The number of halogens is 4. The van der Waals surface area contributed by atoms with Crippen molar-refractivity contribution in [3.8, 4) is 11.6 Å². The molecule has 1 heterocycles. The van der Waals surface area contributed by atoms with Crippen LogP contribution in [0, 0.1) is 3.57 Å². The third-order valence-corrected chi connectivity index (χ3v) is 2.95. The number of esters is 1. The van der Waals surface area contributed by atoms with E-state index in [-0.39, 0.29) is 24.6 Å². The van der Waals surface area contributed by atoms with Crippen molar-refractivity contribution in [1.29, 1.82) is 0 Å². The molecule has 1 rings (SSSR count). The minimum atomic E-state index is -4.85. The molecule has 0 saturated carbocycles. The van der Waals surface area contributed by atoms with Crippen LogP contribution >= 0.6 is 22.6 Å². The van der Waals surface area contributed by atoms with E-state index in [1.165, 1.54) is 0 Å². The fraction of sp³-hybridized carbons (Fsp3) is 0.455. The largest absolute Gasteiger partial charge is 0.573 e. The van der Waals surface area contributed by atoms with Gasteiger partial charge in [0.25, 0.3) is 5.88 Å². The van der Waals surface area contributed by atoms with E-state index in [1.807, 2.05) is 0 Å². The van der Waals surface area contributed by atoms with E-state index in [0.29, 0.717) is 3.57 Å². The number of rotatable bonds is 5. The molecule has 0 saturated heterocycles. The second-order valence-electron chi connectivity index (χ2n) is 3.45. The van der Waals surface area contributed by atoms with E-state index in [2.05, 4.69) is 9.72 Å². The van der Waals surface area contributed by atoms with Gasteiger partial charge in [0.2, 0.25) is 0 Å². The summed E-state index contributed by atoms with van der Waals surface area (Å²) < 4.78 is 50.3. The Bertz CT molecular complexity index is 493. The van der Waals surface area contributed by atoms with Gasteiger partial charge in [-0.2, -0.15) is 0 Å². The number of hydrogen-bond donors (Lipinski definition) is 0. The SMILES string of the molecule is CCOC(=O)Cc1nc(OC)c(OC(F)(F)F)cc1I. The molecule has 112 valence electrons. The highest BCUT2D eigenvalue weighted by atomic mass is 127. The molecule has 0 spiro atoms. The van der Waals surface area contributed by atoms with Crippen molar-refractivity contribution in [2.75, 3.05) is 13.7 Å². The van der Waals surface area contributed by atoms with E-state index in [1.54, 1.807) is 29.5 Å². The molecule has 0 aliphatic rings. The van der Waals surface area contributed by atoms with Gasteiger partial charge >= 0.3 is 12.3 Å². The zero-order chi connectivity index (χ0) is 15.3. The van der Waals surface area contributed by atoms with E-state index in [4.69, 9.17) is 9.47 Å². The Kier molecular flexibility index (Phi) is 5.84. The van der Waals surface area contributed by atoms with Crippen LogP contribution in [-0.4, -0.2) is 31.0 Å². The van der Waals surface area contributed by atoms with Crippen LogP contribution in [0.3, 0.4) is 0 Å². The van der Waals surface area contributed by atoms with Gasteiger partial charge in [0.15, 0.2) is 5.75 Å². The first-order valence-electron chi connectivity index (χ1n) is 5.41. The molecule has 0 radical (unpaired) electrons. The molecule has 0 aromatic carbocycles. The number of hydrogen-bond acceptors (Lipinski definition) is 5. The van der Waals surface area contributed by atoms with Crippen molar-refractivity contribution in [2.45, 2.75) is 19.7 Å². The van der Waals surface area contributed by atoms with Crippen LogP contribution in [0.4, 0.5) is 13.2 Å². The molecule has 1 aromatic heterocycles. The summed E-state index contributed by atoms with van der Waals surface area (Å²) in [6.07, 6.45) is -5.00. The molecule has 9 heteroatoms. The number of nitrogens with zero attached hydrogens (tertiary/aromatic N) is 1. The molecule has 5 nitrogen and oxygen atoms in total. The first kappa shape index (κ1) is 16.8. The zero-order valence-electron chi connectivity index (χ0n) is 10.6. The fourth-order valence-electron chi connectivity index (χ4n) is 1.31. The van der Waals surface area contributed by atoms with Crippen molar-refractivity contribution in [3.63, 3.8) is 0 Å². The van der Waals surface area contributed by atoms with Crippen molar-refractivity contribution in [3.05, 3.63) is 15.3 Å². The van der Waals surface area contributed by atoms with Gasteiger partial charge in [0.1, 0.15) is 0 Å². The Labute approximate surface area is 126 Å². The summed E-state index contributed by atoms with van der Waals surface area (Å²) in [6.45, 7) is 1.86. The van der Waals surface area contributed by atoms with E-state index < -0.39 is 18.1 Å². The minimum Gasteiger partial charge on any atom is -0.478 e. The average Bonchev–Trinajstić information content (AvgIpc) is 2.31. The Hall–Kier alpha value is -1.26. The lowest BCUT2D eigenvalue weighted by Gasteiger charge is -2.13. The maximum atomic E-state index is 12.2. The number of alkyl halides is 3. The Morgan fingerprint density at radius 3 is 2.60 bits per heavy atom. The monoisotopic (exact) mass is 405 g/mol. The summed E-state index contributed by atoms with van der Waals surface area (Å²) in [7, 11) is 1.16. The first-order chi connectivity index (χ1) is 9.26. The van der Waals surface area contributed by atoms with Gasteiger partial charge in [-0.25, -0.2) is 4.98 Å². The van der Waals surface area contributed by atoms with Crippen molar-refractivity contribution < 1.29 is 32.2 Å². The quantitative estimate of drug-likeness (QED) is 0.557. The number of carbonyl (C=O) groups is 1. The molecule has 0 atom stereocenters. The Morgan fingerprint density at radius 1 is 1.45 bits per heavy atom. The lowest BCUT2D eigenvalue weighted by Crippen LogP contribution is -2.19. The molecular formula is C11H11F3INO4. The van der Waals surface area contributed by atoms with Crippen LogP contribution in [0.15, 0.2) is 6.07 Å². The molecule has 0 unspecified atom stereocenters. The number of aromatic nitrogens is 1. The average molecular weight is 405 g/mol. The maximum Gasteiger partial charge on any atom is 0.573 e. The van der Waals surface area contributed by atoms with E-state index in [0.717, 1.165) is 13.2 Å². The van der Waals surface area contributed by atoms with Crippen LogP contribution in [-0.2, 0) is 16.0 Å². The summed E-state index contributed by atoms with van der Waals surface area (Å²) in [5.41, 5.74) is 0.260. The zero-order valence-corrected chi connectivity index (χ0v) is 12.7. The van der Waals surface area contributed by atoms with Crippen LogP contribution in [0.1, 0.15) is 12.6 Å². The molecule has 0 fully saturated rings. The van der Waals surface area contributed by atoms with Gasteiger partial charge in [0, 0.05) is 9.64 Å². The second-order valence-corrected chi connectivity index (χ2v) is 4.62. The lowest BCUT2D eigenvalue weighted by molar-refractivity contribution is -0.275. The molecule has 0 amide bonds. The van der Waals surface area contributed by atoms with E-state index in [9.17, 15) is 18.0 Å². The molecule has 1 aromatic rings. The van der Waals surface area contributed by atoms with E-state index >= 15 is 0 Å². The van der Waals surface area contributed by atoms with Crippen LogP contribution < -0.4 is 9.47 Å². The molecule has 0 aliphatic heterocycles. The van der Waals surface area contributed by atoms with Gasteiger partial charge in [0.05, 0.1) is 25.8 Å². The summed E-state index contributed by atoms with van der Waals surface area (Å²) in [6, 6.07) is 1.11. The van der Waals surface area contributed by atoms with Crippen molar-refractivity contribution in [1.82, 2.24) is 4.98 Å². The number of pyridine rings is 1. The van der Waals surface area contributed by atoms with Gasteiger partial charge in [-0.1, -0.05) is 0 Å². The number of ether oxygens (including phenoxy) is 3.